The van der Waals surface area contributed by atoms with E-state index in [1.807, 2.05) is 0 Å². The van der Waals surface area contributed by atoms with Crippen LogP contribution >= 0.6 is 12.6 Å². The second kappa shape index (κ2) is 5.41. The van der Waals surface area contributed by atoms with Gasteiger partial charge in [-0.15, -0.1) is 0 Å². The number of hydrogen-bond donors (Lipinski definition) is 3. The largest absolute Gasteiger partial charge is 0.396 e. The Kier molecular flexibility index (Phi) is 5.59. The molecule has 0 fully saturated rings. The fraction of sp³-hybridized carbons (Fsp3) is 1.00. The van der Waals surface area contributed by atoms with Crippen LogP contribution in [0.2, 0.25) is 0 Å². The van der Waals surface area contributed by atoms with E-state index in [9.17, 15) is 0 Å². The van der Waals surface area contributed by atoms with E-state index >= 15 is 0 Å². The molecular weight excluding hydrogens is 124 g/mol. The van der Waals surface area contributed by atoms with Gasteiger partial charge in [0.2, 0.25) is 0 Å². The lowest BCUT2D eigenvalue weighted by Gasteiger charge is -2.06. The van der Waals surface area contributed by atoms with E-state index in [0.717, 1.165) is 0 Å². The maximum atomic E-state index is 8.50. The molecule has 0 radical (unpaired) electrons. The Morgan fingerprint density at radius 3 is 2.12 bits per heavy atom. The number of hydrogen-bond acceptors (Lipinski definition) is 3. The lowest BCUT2D eigenvalue weighted by atomic mass is 10.1. The topological polar surface area (TPSA) is 40.5 Å². The maximum absolute atomic E-state index is 8.50. The van der Waals surface area contributed by atoms with Crippen LogP contribution in [0.4, 0.5) is 0 Å². The van der Waals surface area contributed by atoms with Crippen LogP contribution in [0.5, 0.6) is 0 Å². The first-order valence-electron chi connectivity index (χ1n) is 2.67. The SMILES string of the molecule is OCCC(CO)CS. The molecule has 0 bridgehead atoms. The van der Waals surface area contributed by atoms with Crippen LogP contribution < -0.4 is 0 Å². The van der Waals surface area contributed by atoms with Crippen molar-refractivity contribution < 1.29 is 10.2 Å². The first kappa shape index (κ1) is 8.27. The van der Waals surface area contributed by atoms with Crippen molar-refractivity contribution >= 4 is 12.6 Å². The molecule has 0 spiro atoms. The number of aliphatic hydroxyl groups is 2. The van der Waals surface area contributed by atoms with Crippen LogP contribution in [-0.2, 0) is 0 Å². The van der Waals surface area contributed by atoms with Gasteiger partial charge in [-0.1, -0.05) is 0 Å². The summed E-state index contributed by atoms with van der Waals surface area (Å²) in [7, 11) is 0. The molecule has 8 heavy (non-hydrogen) atoms. The minimum atomic E-state index is 0.129. The second-order valence-electron chi connectivity index (χ2n) is 1.74. The number of rotatable bonds is 4. The van der Waals surface area contributed by atoms with Crippen molar-refractivity contribution in [2.75, 3.05) is 19.0 Å². The summed E-state index contributed by atoms with van der Waals surface area (Å²) in [6.45, 7) is 0.274. The quantitative estimate of drug-likeness (QED) is 0.473. The van der Waals surface area contributed by atoms with Crippen LogP contribution in [0.15, 0.2) is 0 Å². The minimum absolute atomic E-state index is 0.129. The molecule has 1 atom stereocenters. The fourth-order valence-electron chi connectivity index (χ4n) is 0.423. The third-order valence-electron chi connectivity index (χ3n) is 1.05. The van der Waals surface area contributed by atoms with Gasteiger partial charge in [-0.2, -0.15) is 12.6 Å². The zero-order valence-corrected chi connectivity index (χ0v) is 5.64. The summed E-state index contributed by atoms with van der Waals surface area (Å²) in [6.07, 6.45) is 0.653. The molecule has 0 aromatic carbocycles. The Morgan fingerprint density at radius 2 is 2.00 bits per heavy atom. The van der Waals surface area contributed by atoms with Gasteiger partial charge in [-0.25, -0.2) is 0 Å². The van der Waals surface area contributed by atoms with Gasteiger partial charge in [-0.05, 0) is 18.1 Å². The highest BCUT2D eigenvalue weighted by Gasteiger charge is 2.01. The van der Waals surface area contributed by atoms with Crippen molar-refractivity contribution in [1.29, 1.82) is 0 Å². The summed E-state index contributed by atoms with van der Waals surface area (Å²) in [6, 6.07) is 0. The summed E-state index contributed by atoms with van der Waals surface area (Å²) in [5, 5.41) is 16.9. The van der Waals surface area contributed by atoms with Gasteiger partial charge < -0.3 is 10.2 Å². The Hall–Kier alpha value is 0.270. The molecule has 0 heterocycles. The highest BCUT2D eigenvalue weighted by molar-refractivity contribution is 7.80. The molecule has 0 aliphatic rings. The van der Waals surface area contributed by atoms with Crippen molar-refractivity contribution in [3.05, 3.63) is 0 Å². The van der Waals surface area contributed by atoms with Crippen LogP contribution in [-0.4, -0.2) is 29.2 Å². The van der Waals surface area contributed by atoms with Crippen molar-refractivity contribution in [3.63, 3.8) is 0 Å². The van der Waals surface area contributed by atoms with E-state index in [-0.39, 0.29) is 19.1 Å². The molecule has 0 aromatic rings. The predicted molar refractivity (Wildman–Crippen MR) is 36.1 cm³/mol. The second-order valence-corrected chi connectivity index (χ2v) is 2.11. The zero-order valence-electron chi connectivity index (χ0n) is 4.75. The first-order chi connectivity index (χ1) is 3.85. The third kappa shape index (κ3) is 3.29. The third-order valence-corrected chi connectivity index (χ3v) is 1.57. The molecule has 0 rings (SSSR count). The molecule has 50 valence electrons. The van der Waals surface area contributed by atoms with Gasteiger partial charge in [0.25, 0.3) is 0 Å². The van der Waals surface area contributed by atoms with Crippen LogP contribution in [0.1, 0.15) is 6.42 Å². The van der Waals surface area contributed by atoms with E-state index in [4.69, 9.17) is 10.2 Å². The highest BCUT2D eigenvalue weighted by atomic mass is 32.1. The number of aliphatic hydroxyl groups excluding tert-OH is 2. The zero-order chi connectivity index (χ0) is 6.41. The number of thiol groups is 1. The van der Waals surface area contributed by atoms with E-state index in [1.165, 1.54) is 0 Å². The van der Waals surface area contributed by atoms with Crippen LogP contribution in [0, 0.1) is 5.92 Å². The molecule has 0 saturated carbocycles. The van der Waals surface area contributed by atoms with Crippen LogP contribution in [0.25, 0.3) is 0 Å². The van der Waals surface area contributed by atoms with E-state index in [2.05, 4.69) is 12.6 Å². The first-order valence-corrected chi connectivity index (χ1v) is 3.31. The summed E-state index contributed by atoms with van der Waals surface area (Å²) in [4.78, 5) is 0. The molecule has 3 heteroatoms. The molecule has 2 N–H and O–H groups in total. The maximum Gasteiger partial charge on any atom is 0.0467 e. The van der Waals surface area contributed by atoms with Gasteiger partial charge in [0.1, 0.15) is 0 Å². The molecule has 0 aromatic heterocycles. The van der Waals surface area contributed by atoms with Crippen LogP contribution in [0.3, 0.4) is 0 Å². The Labute approximate surface area is 54.9 Å². The molecule has 0 amide bonds. The predicted octanol–water partition coefficient (Wildman–Crippen LogP) is -0.0929. The lowest BCUT2D eigenvalue weighted by molar-refractivity contribution is 0.196. The van der Waals surface area contributed by atoms with E-state index in [0.29, 0.717) is 12.2 Å². The van der Waals surface area contributed by atoms with Crippen molar-refractivity contribution in [2.45, 2.75) is 6.42 Å². The summed E-state index contributed by atoms with van der Waals surface area (Å²) in [5.74, 6) is 0.820. The molecule has 0 aliphatic heterocycles. The van der Waals surface area contributed by atoms with Gasteiger partial charge in [0.05, 0.1) is 0 Å². The molecular formula is C5H12O2S. The summed E-state index contributed by atoms with van der Waals surface area (Å²) < 4.78 is 0. The average Bonchev–Trinajstić information content (AvgIpc) is 1.83. The summed E-state index contributed by atoms with van der Waals surface area (Å²) in [5.41, 5.74) is 0. The van der Waals surface area contributed by atoms with Gasteiger partial charge in [0.15, 0.2) is 0 Å². The van der Waals surface area contributed by atoms with Gasteiger partial charge in [0, 0.05) is 13.2 Å². The Morgan fingerprint density at radius 1 is 1.38 bits per heavy atom. The van der Waals surface area contributed by atoms with Gasteiger partial charge >= 0.3 is 0 Å². The monoisotopic (exact) mass is 136 g/mol. The van der Waals surface area contributed by atoms with Crippen molar-refractivity contribution in [2.24, 2.45) is 5.92 Å². The fourth-order valence-corrected chi connectivity index (χ4v) is 0.721. The summed E-state index contributed by atoms with van der Waals surface area (Å²) >= 11 is 3.96. The van der Waals surface area contributed by atoms with E-state index < -0.39 is 0 Å². The standard InChI is InChI=1S/C5H12O2S/c6-2-1-5(3-7)4-8/h5-8H,1-4H2. The average molecular weight is 136 g/mol. The smallest absolute Gasteiger partial charge is 0.0467 e. The Bertz CT molecular complexity index is 45.7. The molecule has 0 aliphatic carbocycles. The highest BCUT2D eigenvalue weighted by Crippen LogP contribution is 2.01. The lowest BCUT2D eigenvalue weighted by Crippen LogP contribution is -2.09. The minimum Gasteiger partial charge on any atom is -0.396 e. The molecule has 1 unspecified atom stereocenters. The Balaban J connectivity index is 3.07. The van der Waals surface area contributed by atoms with Crippen molar-refractivity contribution in [1.82, 2.24) is 0 Å². The normalized spacial score (nSPS) is 13.9. The van der Waals surface area contributed by atoms with E-state index in [1.54, 1.807) is 0 Å². The molecule has 2 nitrogen and oxygen atoms in total. The van der Waals surface area contributed by atoms with Crippen molar-refractivity contribution in [3.8, 4) is 0 Å². The van der Waals surface area contributed by atoms with Gasteiger partial charge in [-0.3, -0.25) is 0 Å². The molecule has 0 saturated heterocycles.